The lowest BCUT2D eigenvalue weighted by Crippen LogP contribution is -2.23. The number of carbonyl (C=O) groups is 2. The highest BCUT2D eigenvalue weighted by Gasteiger charge is 2.21. The average Bonchev–Trinajstić information content (AvgIpc) is 3.14. The molecule has 6 heteroatoms. The Morgan fingerprint density at radius 2 is 2.09 bits per heavy atom. The zero-order valence-electron chi connectivity index (χ0n) is 13.2. The van der Waals surface area contributed by atoms with Crippen molar-refractivity contribution >= 4 is 23.2 Å². The first kappa shape index (κ1) is 15.3. The quantitative estimate of drug-likeness (QED) is 0.921. The van der Waals surface area contributed by atoms with E-state index in [0.29, 0.717) is 19.4 Å². The van der Waals surface area contributed by atoms with Gasteiger partial charge in [-0.2, -0.15) is 0 Å². The first-order valence-corrected chi connectivity index (χ1v) is 7.81. The first-order chi connectivity index (χ1) is 11.1. The summed E-state index contributed by atoms with van der Waals surface area (Å²) < 4.78 is 1.95. The Morgan fingerprint density at radius 3 is 2.70 bits per heavy atom. The Kier molecular flexibility index (Phi) is 4.41. The first-order valence-electron chi connectivity index (χ1n) is 7.81. The van der Waals surface area contributed by atoms with Crippen molar-refractivity contribution in [3.8, 4) is 0 Å². The molecule has 2 aromatic rings. The van der Waals surface area contributed by atoms with Crippen LogP contribution in [-0.2, 0) is 16.1 Å². The van der Waals surface area contributed by atoms with Gasteiger partial charge in [0.05, 0.1) is 0 Å². The smallest absolute Gasteiger partial charge is 0.227 e. The molecule has 1 saturated heterocycles. The molecule has 0 radical (unpaired) electrons. The predicted molar refractivity (Wildman–Crippen MR) is 88.2 cm³/mol. The zero-order valence-corrected chi connectivity index (χ0v) is 13.2. The van der Waals surface area contributed by atoms with Crippen molar-refractivity contribution in [3.63, 3.8) is 0 Å². The Labute approximate surface area is 135 Å². The number of aromatic nitrogens is 2. The standard InChI is InChI=1S/C17H20N4O2/c1-13-18-9-12-20(13)11-8-16(22)19-14-4-6-15(7-5-14)21-10-2-3-17(21)23/h4-7,9,12H,2-3,8,10-11H2,1H3,(H,19,22). The van der Waals surface area contributed by atoms with Crippen LogP contribution in [0.3, 0.4) is 0 Å². The van der Waals surface area contributed by atoms with Gasteiger partial charge in [-0.15, -0.1) is 0 Å². The maximum absolute atomic E-state index is 12.0. The summed E-state index contributed by atoms with van der Waals surface area (Å²) in [6.45, 7) is 3.29. The summed E-state index contributed by atoms with van der Waals surface area (Å²) in [7, 11) is 0. The summed E-state index contributed by atoms with van der Waals surface area (Å²) in [5.74, 6) is 1.03. The Morgan fingerprint density at radius 1 is 1.30 bits per heavy atom. The monoisotopic (exact) mass is 312 g/mol. The number of benzene rings is 1. The van der Waals surface area contributed by atoms with Gasteiger partial charge in [-0.05, 0) is 37.6 Å². The predicted octanol–water partition coefficient (Wildman–Crippen LogP) is 2.35. The fourth-order valence-electron chi connectivity index (χ4n) is 2.73. The number of nitrogens with zero attached hydrogens (tertiary/aromatic N) is 3. The van der Waals surface area contributed by atoms with Gasteiger partial charge in [-0.3, -0.25) is 9.59 Å². The van der Waals surface area contributed by atoms with E-state index in [0.717, 1.165) is 30.2 Å². The molecule has 0 unspecified atom stereocenters. The minimum Gasteiger partial charge on any atom is -0.335 e. The second kappa shape index (κ2) is 6.64. The molecule has 0 saturated carbocycles. The topological polar surface area (TPSA) is 67.2 Å². The molecule has 1 aliphatic rings. The summed E-state index contributed by atoms with van der Waals surface area (Å²) in [5, 5.41) is 2.88. The molecule has 3 rings (SSSR count). The van der Waals surface area contributed by atoms with Crippen LogP contribution in [-0.4, -0.2) is 27.9 Å². The molecule has 1 N–H and O–H groups in total. The maximum Gasteiger partial charge on any atom is 0.227 e. The molecule has 0 aliphatic carbocycles. The average molecular weight is 312 g/mol. The van der Waals surface area contributed by atoms with E-state index in [2.05, 4.69) is 10.3 Å². The molecule has 1 fully saturated rings. The van der Waals surface area contributed by atoms with E-state index in [1.54, 1.807) is 11.1 Å². The van der Waals surface area contributed by atoms with Gasteiger partial charge in [0.2, 0.25) is 11.8 Å². The molecule has 23 heavy (non-hydrogen) atoms. The molecule has 6 nitrogen and oxygen atoms in total. The SMILES string of the molecule is Cc1nccn1CCC(=O)Nc1ccc(N2CCCC2=O)cc1. The molecule has 120 valence electrons. The largest absolute Gasteiger partial charge is 0.335 e. The fraction of sp³-hybridized carbons (Fsp3) is 0.353. The van der Waals surface area contributed by atoms with Crippen molar-refractivity contribution in [2.24, 2.45) is 0 Å². The van der Waals surface area contributed by atoms with Gasteiger partial charge in [0.25, 0.3) is 0 Å². The van der Waals surface area contributed by atoms with Crippen molar-refractivity contribution in [3.05, 3.63) is 42.5 Å². The fourth-order valence-corrected chi connectivity index (χ4v) is 2.73. The molecule has 1 aromatic heterocycles. The number of rotatable bonds is 5. The van der Waals surface area contributed by atoms with Gasteiger partial charge in [-0.25, -0.2) is 4.98 Å². The van der Waals surface area contributed by atoms with E-state index < -0.39 is 0 Å². The summed E-state index contributed by atoms with van der Waals surface area (Å²) in [4.78, 5) is 29.6. The highest BCUT2D eigenvalue weighted by atomic mass is 16.2. The van der Waals surface area contributed by atoms with Gasteiger partial charge in [0, 0.05) is 49.7 Å². The molecular formula is C17H20N4O2. The van der Waals surface area contributed by atoms with Crippen LogP contribution in [0.15, 0.2) is 36.7 Å². The zero-order chi connectivity index (χ0) is 16.2. The van der Waals surface area contributed by atoms with Crippen molar-refractivity contribution in [2.75, 3.05) is 16.8 Å². The van der Waals surface area contributed by atoms with Gasteiger partial charge in [-0.1, -0.05) is 0 Å². The summed E-state index contributed by atoms with van der Waals surface area (Å²) >= 11 is 0. The summed E-state index contributed by atoms with van der Waals surface area (Å²) in [6.07, 6.45) is 5.51. The Balaban J connectivity index is 1.54. The molecule has 2 heterocycles. The van der Waals surface area contributed by atoms with Crippen molar-refractivity contribution in [1.82, 2.24) is 9.55 Å². The van der Waals surface area contributed by atoms with Gasteiger partial charge in [0.15, 0.2) is 0 Å². The number of anilines is 2. The normalized spacial score (nSPS) is 14.3. The van der Waals surface area contributed by atoms with Crippen molar-refractivity contribution in [1.29, 1.82) is 0 Å². The molecule has 0 bridgehead atoms. The second-order valence-corrected chi connectivity index (χ2v) is 5.66. The minimum absolute atomic E-state index is 0.0388. The van der Waals surface area contributed by atoms with Crippen LogP contribution in [0.2, 0.25) is 0 Å². The van der Waals surface area contributed by atoms with Crippen LogP contribution in [0, 0.1) is 6.92 Å². The number of hydrogen-bond acceptors (Lipinski definition) is 3. The lowest BCUT2D eigenvalue weighted by Gasteiger charge is -2.16. The van der Waals surface area contributed by atoms with E-state index in [1.807, 2.05) is 42.0 Å². The molecule has 1 aliphatic heterocycles. The van der Waals surface area contributed by atoms with Crippen LogP contribution in [0.5, 0.6) is 0 Å². The highest BCUT2D eigenvalue weighted by Crippen LogP contribution is 2.23. The highest BCUT2D eigenvalue weighted by molar-refractivity contribution is 5.96. The van der Waals surface area contributed by atoms with Crippen molar-refractivity contribution < 1.29 is 9.59 Å². The third-order valence-corrected chi connectivity index (χ3v) is 4.04. The van der Waals surface area contributed by atoms with Crippen LogP contribution in [0.25, 0.3) is 0 Å². The number of amides is 2. The van der Waals surface area contributed by atoms with E-state index in [1.165, 1.54) is 0 Å². The maximum atomic E-state index is 12.0. The number of imidazole rings is 1. The molecule has 2 amide bonds. The molecule has 0 spiro atoms. The van der Waals surface area contributed by atoms with Gasteiger partial charge in [0.1, 0.15) is 5.82 Å². The van der Waals surface area contributed by atoms with E-state index >= 15 is 0 Å². The number of nitrogens with one attached hydrogen (secondary N) is 1. The van der Waals surface area contributed by atoms with E-state index in [4.69, 9.17) is 0 Å². The summed E-state index contributed by atoms with van der Waals surface area (Å²) in [5.41, 5.74) is 1.63. The molecule has 0 atom stereocenters. The van der Waals surface area contributed by atoms with Gasteiger partial charge >= 0.3 is 0 Å². The molecule has 1 aromatic carbocycles. The van der Waals surface area contributed by atoms with Crippen LogP contribution >= 0.6 is 0 Å². The summed E-state index contributed by atoms with van der Waals surface area (Å²) in [6, 6.07) is 7.42. The number of hydrogen-bond donors (Lipinski definition) is 1. The lowest BCUT2D eigenvalue weighted by molar-refractivity contribution is -0.117. The van der Waals surface area contributed by atoms with Crippen LogP contribution in [0.4, 0.5) is 11.4 Å². The number of carbonyl (C=O) groups excluding carboxylic acids is 2. The minimum atomic E-state index is -0.0388. The van der Waals surface area contributed by atoms with E-state index in [9.17, 15) is 9.59 Å². The van der Waals surface area contributed by atoms with E-state index in [-0.39, 0.29) is 11.8 Å². The van der Waals surface area contributed by atoms with Crippen LogP contribution < -0.4 is 10.2 Å². The second-order valence-electron chi connectivity index (χ2n) is 5.66. The third kappa shape index (κ3) is 3.59. The third-order valence-electron chi connectivity index (χ3n) is 4.04. The van der Waals surface area contributed by atoms with Gasteiger partial charge < -0.3 is 14.8 Å². The Bertz CT molecular complexity index is 706. The lowest BCUT2D eigenvalue weighted by atomic mass is 10.2. The Hall–Kier alpha value is -2.63. The number of aryl methyl sites for hydroxylation is 2. The molecular weight excluding hydrogens is 292 g/mol. The van der Waals surface area contributed by atoms with Crippen LogP contribution in [0.1, 0.15) is 25.1 Å². The van der Waals surface area contributed by atoms with Crippen molar-refractivity contribution in [2.45, 2.75) is 32.7 Å².